The molecule has 9 nitrogen and oxygen atoms in total. The van der Waals surface area contributed by atoms with Gasteiger partial charge < -0.3 is 14.2 Å². The number of carbonyl (C=O) groups excluding carboxylic acids is 2. The summed E-state index contributed by atoms with van der Waals surface area (Å²) in [6.45, 7) is 2.36. The molecule has 0 bridgehead atoms. The number of hydrogen-bond acceptors (Lipinski definition) is 8. The summed E-state index contributed by atoms with van der Waals surface area (Å²) in [6.07, 6.45) is -2.43. The molecule has 11 heteroatoms. The molecule has 0 unspecified atom stereocenters. The van der Waals surface area contributed by atoms with Crippen LogP contribution in [0.25, 0.3) is 10.2 Å². The smallest absolute Gasteiger partial charge is 0.331 e. The van der Waals surface area contributed by atoms with Crippen molar-refractivity contribution in [3.8, 4) is 0 Å². The van der Waals surface area contributed by atoms with Gasteiger partial charge in [0, 0.05) is 13.8 Å². The lowest BCUT2D eigenvalue weighted by molar-refractivity contribution is -0.155. The zero-order valence-electron chi connectivity index (χ0n) is 13.8. The number of hydrogen-bond donors (Lipinski definition) is 1. The third-order valence-corrected chi connectivity index (χ3v) is 5.70. The molecule has 26 heavy (non-hydrogen) atoms. The van der Waals surface area contributed by atoms with Crippen molar-refractivity contribution in [3.63, 3.8) is 0 Å². The number of halogens is 1. The Balaban J connectivity index is 2.02. The number of nitrogens with zero attached hydrogens (tertiary/aromatic N) is 1. The second-order valence-corrected chi connectivity index (χ2v) is 7.62. The largest absolute Gasteiger partial charge is 0.463 e. The monoisotopic (exact) mass is 446 g/mol. The van der Waals surface area contributed by atoms with Crippen molar-refractivity contribution in [2.45, 2.75) is 37.1 Å². The SMILES string of the molecule is CC(=O)OC[C@H]1O[C@@H](n2c(=O)[nH]c(=O)c3sccc32)[C@H](Br)[C@@H]1OC(C)=O. The van der Waals surface area contributed by atoms with Crippen LogP contribution in [0, 0.1) is 0 Å². The van der Waals surface area contributed by atoms with Crippen LogP contribution in [-0.2, 0) is 23.8 Å². The summed E-state index contributed by atoms with van der Waals surface area (Å²) in [5.41, 5.74) is -0.716. The maximum Gasteiger partial charge on any atom is 0.331 e. The minimum absolute atomic E-state index is 0.142. The number of thiophene rings is 1. The summed E-state index contributed by atoms with van der Waals surface area (Å²) < 4.78 is 17.8. The van der Waals surface area contributed by atoms with E-state index < -0.39 is 46.5 Å². The predicted octanol–water partition coefficient (Wildman–Crippen LogP) is 0.907. The maximum atomic E-state index is 12.4. The topological polar surface area (TPSA) is 117 Å². The van der Waals surface area contributed by atoms with Crippen LogP contribution in [-0.4, -0.2) is 45.1 Å². The summed E-state index contributed by atoms with van der Waals surface area (Å²) in [5, 5.41) is 1.69. The normalized spacial score (nSPS) is 25.3. The highest BCUT2D eigenvalue weighted by Gasteiger charge is 2.47. The van der Waals surface area contributed by atoms with E-state index in [-0.39, 0.29) is 6.61 Å². The molecule has 1 N–H and O–H groups in total. The molecule has 140 valence electrons. The van der Waals surface area contributed by atoms with Gasteiger partial charge in [-0.05, 0) is 11.4 Å². The van der Waals surface area contributed by atoms with Gasteiger partial charge in [-0.2, -0.15) is 0 Å². The standard InChI is InChI=1S/C15H15BrN2O7S/c1-6(19)23-5-9-11(24-7(2)20)10(16)14(25-9)18-8-3-4-26-12(8)13(21)17-15(18)22/h3-4,9-11,14H,5H2,1-2H3,(H,17,21,22)/t9-,10-,11-,14-/m1/s1. The number of esters is 2. The molecule has 0 aliphatic carbocycles. The van der Waals surface area contributed by atoms with E-state index in [2.05, 4.69) is 20.9 Å². The average Bonchev–Trinajstić information content (AvgIpc) is 3.13. The van der Waals surface area contributed by atoms with E-state index in [1.54, 1.807) is 11.4 Å². The molecule has 0 radical (unpaired) electrons. The van der Waals surface area contributed by atoms with Crippen molar-refractivity contribution in [1.82, 2.24) is 9.55 Å². The summed E-state index contributed by atoms with van der Waals surface area (Å²) in [4.78, 5) is 48.5. The van der Waals surface area contributed by atoms with Gasteiger partial charge in [0.1, 0.15) is 23.5 Å². The maximum absolute atomic E-state index is 12.4. The summed E-state index contributed by atoms with van der Waals surface area (Å²) in [7, 11) is 0. The molecule has 3 rings (SSSR count). The highest BCUT2D eigenvalue weighted by Crippen LogP contribution is 2.37. The molecule has 0 saturated carbocycles. The Labute approximate surface area is 159 Å². The highest BCUT2D eigenvalue weighted by atomic mass is 79.9. The van der Waals surface area contributed by atoms with E-state index in [0.717, 1.165) is 0 Å². The Morgan fingerprint density at radius 3 is 2.73 bits per heavy atom. The number of alkyl halides is 1. The van der Waals surface area contributed by atoms with Gasteiger partial charge in [0.25, 0.3) is 5.56 Å². The summed E-state index contributed by atoms with van der Waals surface area (Å²) in [5.74, 6) is -1.04. The Kier molecular flexibility index (Phi) is 5.30. The fourth-order valence-corrected chi connectivity index (χ4v) is 4.39. The average molecular weight is 447 g/mol. The molecular formula is C15H15BrN2O7S. The van der Waals surface area contributed by atoms with Crippen molar-refractivity contribution in [2.75, 3.05) is 6.61 Å². The van der Waals surface area contributed by atoms with Gasteiger partial charge in [-0.25, -0.2) is 4.79 Å². The van der Waals surface area contributed by atoms with Gasteiger partial charge in [0.15, 0.2) is 6.23 Å². The van der Waals surface area contributed by atoms with Crippen molar-refractivity contribution in [3.05, 3.63) is 32.3 Å². The van der Waals surface area contributed by atoms with Gasteiger partial charge in [-0.15, -0.1) is 11.3 Å². The van der Waals surface area contributed by atoms with Crippen LogP contribution in [0.3, 0.4) is 0 Å². The molecule has 0 spiro atoms. The van der Waals surface area contributed by atoms with Crippen LogP contribution >= 0.6 is 27.3 Å². The number of carbonyl (C=O) groups is 2. The van der Waals surface area contributed by atoms with E-state index >= 15 is 0 Å². The number of aromatic amines is 1. The fraction of sp³-hybridized carbons (Fsp3) is 0.467. The number of aromatic nitrogens is 2. The number of H-pyrrole nitrogens is 1. The lowest BCUT2D eigenvalue weighted by atomic mass is 10.2. The Bertz CT molecular complexity index is 965. The van der Waals surface area contributed by atoms with Crippen molar-refractivity contribution in [1.29, 1.82) is 0 Å². The molecule has 4 atom stereocenters. The number of nitrogens with one attached hydrogen (secondary N) is 1. The highest BCUT2D eigenvalue weighted by molar-refractivity contribution is 9.09. The second kappa shape index (κ2) is 7.33. The fourth-order valence-electron chi connectivity index (χ4n) is 2.81. The van der Waals surface area contributed by atoms with Crippen LogP contribution in [0.15, 0.2) is 21.0 Å². The van der Waals surface area contributed by atoms with E-state index in [9.17, 15) is 19.2 Å². The molecular weight excluding hydrogens is 432 g/mol. The second-order valence-electron chi connectivity index (χ2n) is 5.65. The van der Waals surface area contributed by atoms with Gasteiger partial charge >= 0.3 is 17.6 Å². The summed E-state index contributed by atoms with van der Waals surface area (Å²) >= 11 is 4.61. The molecule has 2 aromatic heterocycles. The third kappa shape index (κ3) is 3.46. The minimum atomic E-state index is -0.874. The zero-order valence-corrected chi connectivity index (χ0v) is 16.2. The lowest BCUT2D eigenvalue weighted by Crippen LogP contribution is -2.37. The Morgan fingerprint density at radius 2 is 2.08 bits per heavy atom. The Morgan fingerprint density at radius 1 is 1.35 bits per heavy atom. The number of ether oxygens (including phenoxy) is 3. The third-order valence-electron chi connectivity index (χ3n) is 3.82. The molecule has 1 saturated heterocycles. The van der Waals surface area contributed by atoms with E-state index in [0.29, 0.717) is 10.2 Å². The Hall–Kier alpha value is -1.98. The van der Waals surface area contributed by atoms with Crippen molar-refractivity contribution in [2.24, 2.45) is 0 Å². The quantitative estimate of drug-likeness (QED) is 0.547. The van der Waals surface area contributed by atoms with E-state index in [4.69, 9.17) is 14.2 Å². The van der Waals surface area contributed by atoms with Crippen molar-refractivity contribution < 1.29 is 23.8 Å². The molecule has 0 aromatic carbocycles. The van der Waals surface area contributed by atoms with Crippen LogP contribution in [0.1, 0.15) is 20.1 Å². The van der Waals surface area contributed by atoms with Crippen LogP contribution < -0.4 is 11.2 Å². The predicted molar refractivity (Wildman–Crippen MR) is 95.5 cm³/mol. The minimum Gasteiger partial charge on any atom is -0.463 e. The van der Waals surface area contributed by atoms with Gasteiger partial charge in [-0.3, -0.25) is 23.9 Å². The zero-order chi connectivity index (χ0) is 19.0. The lowest BCUT2D eigenvalue weighted by Gasteiger charge is -2.19. The van der Waals surface area contributed by atoms with Gasteiger partial charge in [0.2, 0.25) is 0 Å². The first-order chi connectivity index (χ1) is 12.3. The van der Waals surface area contributed by atoms with Gasteiger partial charge in [-0.1, -0.05) is 15.9 Å². The summed E-state index contributed by atoms with van der Waals surface area (Å²) in [6, 6.07) is 1.64. The first-order valence-electron chi connectivity index (χ1n) is 7.61. The molecule has 0 amide bonds. The van der Waals surface area contributed by atoms with Crippen LogP contribution in [0.4, 0.5) is 0 Å². The molecule has 1 fully saturated rings. The van der Waals surface area contributed by atoms with Crippen LogP contribution in [0.2, 0.25) is 0 Å². The number of rotatable bonds is 4. The van der Waals surface area contributed by atoms with E-state index in [1.165, 1.54) is 29.8 Å². The van der Waals surface area contributed by atoms with E-state index in [1.807, 2.05) is 0 Å². The number of fused-ring (bicyclic) bond motifs is 1. The first-order valence-corrected chi connectivity index (χ1v) is 9.41. The van der Waals surface area contributed by atoms with Gasteiger partial charge in [0.05, 0.1) is 10.3 Å². The molecule has 2 aromatic rings. The van der Waals surface area contributed by atoms with Crippen LogP contribution in [0.5, 0.6) is 0 Å². The first kappa shape index (κ1) is 18.8. The molecule has 1 aliphatic heterocycles. The molecule has 1 aliphatic rings. The molecule has 3 heterocycles. The van der Waals surface area contributed by atoms with Crippen molar-refractivity contribution >= 4 is 49.4 Å².